The Morgan fingerprint density at radius 2 is 1.58 bits per heavy atom. The molecule has 1 atom stereocenters. The molecule has 0 aliphatic carbocycles. The van der Waals surface area contributed by atoms with Crippen LogP contribution in [0.25, 0.3) is 0 Å². The molecule has 0 saturated carbocycles. The average Bonchev–Trinajstić information content (AvgIpc) is 2.56. The molecule has 7 nitrogen and oxygen atoms in total. The molecule has 2 aromatic rings. The number of carbonyl (C=O) groups is 3. The van der Waals surface area contributed by atoms with Gasteiger partial charge in [0.1, 0.15) is 11.8 Å². The Balaban J connectivity index is 2.04. The first-order valence-corrected chi connectivity index (χ1v) is 7.04. The van der Waals surface area contributed by atoms with E-state index >= 15 is 0 Å². The van der Waals surface area contributed by atoms with Gasteiger partial charge in [-0.25, -0.2) is 9.59 Å². The minimum Gasteiger partial charge on any atom is -0.480 e. The third-order valence-electron chi connectivity index (χ3n) is 3.21. The topological polar surface area (TPSA) is 113 Å². The Kier molecular flexibility index (Phi) is 5.51. The summed E-state index contributed by atoms with van der Waals surface area (Å²) in [6.07, 6.45) is -1.37. The maximum atomic E-state index is 12.1. The molecule has 1 amide bonds. The molecule has 3 N–H and O–H groups in total. The number of amides is 1. The fourth-order valence-corrected chi connectivity index (χ4v) is 2.06. The first-order valence-electron chi connectivity index (χ1n) is 7.04. The Labute approximate surface area is 137 Å². The quantitative estimate of drug-likeness (QED) is 0.553. The SMILES string of the molecule is O=C(O)Oc1ccc(C[C@H](NC(=O)c2ccccc2)C(=O)O)cc1. The van der Waals surface area contributed by atoms with Crippen LogP contribution in [0.1, 0.15) is 15.9 Å². The van der Waals surface area contributed by atoms with E-state index in [4.69, 9.17) is 5.11 Å². The molecule has 0 radical (unpaired) electrons. The lowest BCUT2D eigenvalue weighted by Crippen LogP contribution is -2.42. The number of carboxylic acids is 1. The summed E-state index contributed by atoms with van der Waals surface area (Å²) in [4.78, 5) is 33.9. The summed E-state index contributed by atoms with van der Waals surface area (Å²) in [5.41, 5.74) is 0.988. The van der Waals surface area contributed by atoms with Crippen LogP contribution >= 0.6 is 0 Å². The van der Waals surface area contributed by atoms with Crippen LogP contribution in [0, 0.1) is 0 Å². The number of hydrogen-bond donors (Lipinski definition) is 3. The van der Waals surface area contributed by atoms with Gasteiger partial charge in [0, 0.05) is 12.0 Å². The number of nitrogens with one attached hydrogen (secondary N) is 1. The molecule has 2 rings (SSSR count). The molecule has 0 heterocycles. The second-order valence-corrected chi connectivity index (χ2v) is 4.95. The Morgan fingerprint density at radius 1 is 0.958 bits per heavy atom. The van der Waals surface area contributed by atoms with Crippen molar-refractivity contribution in [1.82, 2.24) is 5.32 Å². The Morgan fingerprint density at radius 3 is 2.12 bits per heavy atom. The van der Waals surface area contributed by atoms with E-state index in [-0.39, 0.29) is 12.2 Å². The second kappa shape index (κ2) is 7.77. The zero-order valence-corrected chi connectivity index (χ0v) is 12.5. The van der Waals surface area contributed by atoms with Gasteiger partial charge >= 0.3 is 12.1 Å². The predicted molar refractivity (Wildman–Crippen MR) is 84.1 cm³/mol. The van der Waals surface area contributed by atoms with E-state index in [9.17, 15) is 19.5 Å². The van der Waals surface area contributed by atoms with Gasteiger partial charge in [-0.3, -0.25) is 4.79 Å². The Hall–Kier alpha value is -3.35. The van der Waals surface area contributed by atoms with Crippen molar-refractivity contribution in [3.05, 3.63) is 65.7 Å². The number of ether oxygens (including phenoxy) is 1. The van der Waals surface area contributed by atoms with Crippen molar-refractivity contribution in [3.63, 3.8) is 0 Å². The summed E-state index contributed by atoms with van der Waals surface area (Å²) in [5, 5.41) is 20.3. The lowest BCUT2D eigenvalue weighted by molar-refractivity contribution is -0.139. The molecule has 0 spiro atoms. The van der Waals surface area contributed by atoms with Gasteiger partial charge in [-0.1, -0.05) is 30.3 Å². The van der Waals surface area contributed by atoms with E-state index < -0.39 is 24.1 Å². The molecule has 0 unspecified atom stereocenters. The van der Waals surface area contributed by atoms with Gasteiger partial charge < -0.3 is 20.3 Å². The fraction of sp³-hybridized carbons (Fsp3) is 0.118. The highest BCUT2D eigenvalue weighted by Gasteiger charge is 2.21. The number of carboxylic acid groups (broad SMARTS) is 2. The van der Waals surface area contributed by atoms with Gasteiger partial charge in [0.05, 0.1) is 0 Å². The standard InChI is InChI=1S/C17H15NO6/c19-15(12-4-2-1-3-5-12)18-14(16(20)21)10-11-6-8-13(9-7-11)24-17(22)23/h1-9,14H,10H2,(H,18,19)(H,20,21)(H,22,23)/t14-/m0/s1. The van der Waals surface area contributed by atoms with Crippen LogP contribution in [0.2, 0.25) is 0 Å². The van der Waals surface area contributed by atoms with Gasteiger partial charge in [0.15, 0.2) is 0 Å². The molecule has 0 aliphatic heterocycles. The highest BCUT2D eigenvalue weighted by atomic mass is 16.7. The predicted octanol–water partition coefficient (Wildman–Crippen LogP) is 2.17. The molecular formula is C17H15NO6. The zero-order valence-electron chi connectivity index (χ0n) is 12.5. The third-order valence-corrected chi connectivity index (χ3v) is 3.21. The lowest BCUT2D eigenvalue weighted by Gasteiger charge is -2.15. The highest BCUT2D eigenvalue weighted by Crippen LogP contribution is 2.14. The van der Waals surface area contributed by atoms with Crippen molar-refractivity contribution in [2.75, 3.05) is 0 Å². The largest absolute Gasteiger partial charge is 0.511 e. The van der Waals surface area contributed by atoms with Crippen molar-refractivity contribution in [1.29, 1.82) is 0 Å². The number of hydrogen-bond acceptors (Lipinski definition) is 4. The van der Waals surface area contributed by atoms with Gasteiger partial charge in [0.25, 0.3) is 5.91 Å². The lowest BCUT2D eigenvalue weighted by atomic mass is 10.1. The number of rotatable bonds is 6. The smallest absolute Gasteiger partial charge is 0.480 e. The molecule has 0 fully saturated rings. The second-order valence-electron chi connectivity index (χ2n) is 4.95. The number of carbonyl (C=O) groups excluding carboxylic acids is 1. The summed E-state index contributed by atoms with van der Waals surface area (Å²) in [6, 6.07) is 13.1. The molecule has 0 aliphatic rings. The van der Waals surface area contributed by atoms with Crippen LogP contribution < -0.4 is 10.1 Å². The summed E-state index contributed by atoms with van der Waals surface area (Å²) >= 11 is 0. The van der Waals surface area contributed by atoms with E-state index in [0.717, 1.165) is 0 Å². The maximum absolute atomic E-state index is 12.1. The fourth-order valence-electron chi connectivity index (χ4n) is 2.06. The third kappa shape index (κ3) is 4.84. The first kappa shape index (κ1) is 17.0. The minimum absolute atomic E-state index is 0.0568. The molecule has 7 heteroatoms. The van der Waals surface area contributed by atoms with Crippen LogP contribution in [0.4, 0.5) is 4.79 Å². The van der Waals surface area contributed by atoms with Gasteiger partial charge in [-0.15, -0.1) is 0 Å². The van der Waals surface area contributed by atoms with Crippen molar-refractivity contribution in [3.8, 4) is 5.75 Å². The molecule has 124 valence electrons. The van der Waals surface area contributed by atoms with Crippen molar-refractivity contribution in [2.24, 2.45) is 0 Å². The molecule has 0 bridgehead atoms. The molecule has 0 saturated heterocycles. The van der Waals surface area contributed by atoms with Crippen molar-refractivity contribution in [2.45, 2.75) is 12.5 Å². The van der Waals surface area contributed by atoms with Crippen LogP contribution in [-0.4, -0.2) is 34.3 Å². The van der Waals surface area contributed by atoms with Crippen LogP contribution in [0.15, 0.2) is 54.6 Å². The van der Waals surface area contributed by atoms with Crippen LogP contribution in [0.5, 0.6) is 5.75 Å². The average molecular weight is 329 g/mol. The van der Waals surface area contributed by atoms with Gasteiger partial charge in [0.2, 0.25) is 0 Å². The van der Waals surface area contributed by atoms with E-state index in [1.165, 1.54) is 12.1 Å². The van der Waals surface area contributed by atoms with Gasteiger partial charge in [-0.2, -0.15) is 0 Å². The molecule has 2 aromatic carbocycles. The molecular weight excluding hydrogens is 314 g/mol. The summed E-state index contributed by atoms with van der Waals surface area (Å²) in [6.45, 7) is 0. The zero-order chi connectivity index (χ0) is 17.5. The minimum atomic E-state index is -1.43. The Bertz CT molecular complexity index is 727. The normalized spacial score (nSPS) is 11.3. The summed E-state index contributed by atoms with van der Waals surface area (Å²) < 4.78 is 4.47. The summed E-state index contributed by atoms with van der Waals surface area (Å²) in [7, 11) is 0. The van der Waals surface area contributed by atoms with E-state index in [2.05, 4.69) is 10.1 Å². The van der Waals surface area contributed by atoms with Crippen molar-refractivity contribution < 1.29 is 29.3 Å². The molecule has 0 aromatic heterocycles. The van der Waals surface area contributed by atoms with Crippen LogP contribution in [0.3, 0.4) is 0 Å². The first-order chi connectivity index (χ1) is 11.5. The van der Waals surface area contributed by atoms with Gasteiger partial charge in [-0.05, 0) is 29.8 Å². The number of benzene rings is 2. The highest BCUT2D eigenvalue weighted by molar-refractivity contribution is 5.96. The van der Waals surface area contributed by atoms with Crippen LogP contribution in [-0.2, 0) is 11.2 Å². The maximum Gasteiger partial charge on any atom is 0.511 e. The monoisotopic (exact) mass is 329 g/mol. The van der Waals surface area contributed by atoms with E-state index in [0.29, 0.717) is 11.1 Å². The van der Waals surface area contributed by atoms with Crippen molar-refractivity contribution >= 4 is 18.0 Å². The number of aliphatic carboxylic acids is 1. The van der Waals surface area contributed by atoms with E-state index in [1.54, 1.807) is 42.5 Å². The van der Waals surface area contributed by atoms with E-state index in [1.807, 2.05) is 0 Å². The molecule has 24 heavy (non-hydrogen) atoms. The summed E-state index contributed by atoms with van der Waals surface area (Å²) in [5.74, 6) is -1.51.